The standard InChI is InChI=1S/C28H32N4O6S/c1-28(39(2,36)37,19-32(35)21-33)11-12-31-20-29-26-17-23(9-10-25(26)27(31)34)6-3-22-4-7-24(8-5-22)18-30-13-15-38-16-14-30/h4-5,7-10,17,20-21,35H,11-16,18-19H2,1-2H3. The number of sulfone groups is 1. The molecule has 4 rings (SSSR count). The molecule has 1 aliphatic rings. The summed E-state index contributed by atoms with van der Waals surface area (Å²) in [7, 11) is -3.66. The second-order valence-electron chi connectivity index (χ2n) is 9.99. The molecule has 0 spiro atoms. The van der Waals surface area contributed by atoms with Crippen LogP contribution in [-0.2, 0) is 32.5 Å². The molecule has 1 aliphatic heterocycles. The maximum absolute atomic E-state index is 13.0. The first-order valence-corrected chi connectivity index (χ1v) is 14.5. The Balaban J connectivity index is 1.46. The average molecular weight is 553 g/mol. The van der Waals surface area contributed by atoms with Gasteiger partial charge in [0.15, 0.2) is 9.84 Å². The van der Waals surface area contributed by atoms with Gasteiger partial charge in [-0.05, 0) is 49.2 Å². The lowest BCUT2D eigenvalue weighted by Gasteiger charge is -2.29. The van der Waals surface area contributed by atoms with E-state index in [1.807, 2.05) is 12.1 Å². The third-order valence-corrected chi connectivity index (χ3v) is 9.16. The van der Waals surface area contributed by atoms with Gasteiger partial charge in [0.1, 0.15) is 0 Å². The van der Waals surface area contributed by atoms with E-state index in [2.05, 4.69) is 33.9 Å². The lowest BCUT2D eigenvalue weighted by atomic mass is 10.1. The quantitative estimate of drug-likeness (QED) is 0.184. The zero-order valence-electron chi connectivity index (χ0n) is 22.0. The Morgan fingerprint density at radius 1 is 1.13 bits per heavy atom. The van der Waals surface area contributed by atoms with Crippen LogP contribution in [0.3, 0.4) is 0 Å². The highest BCUT2D eigenvalue weighted by molar-refractivity contribution is 7.92. The molecule has 1 amide bonds. The van der Waals surface area contributed by atoms with Crippen molar-refractivity contribution < 1.29 is 23.2 Å². The molecule has 1 atom stereocenters. The number of morpholine rings is 1. The van der Waals surface area contributed by atoms with E-state index in [0.29, 0.717) is 21.5 Å². The van der Waals surface area contributed by atoms with E-state index < -0.39 is 21.1 Å². The summed E-state index contributed by atoms with van der Waals surface area (Å²) in [4.78, 5) is 30.6. The van der Waals surface area contributed by atoms with Crippen LogP contribution in [0.15, 0.2) is 53.6 Å². The van der Waals surface area contributed by atoms with Gasteiger partial charge in [-0.15, -0.1) is 0 Å². The first kappa shape index (κ1) is 28.4. The second-order valence-corrected chi connectivity index (χ2v) is 12.5. The fourth-order valence-electron chi connectivity index (χ4n) is 4.37. The summed E-state index contributed by atoms with van der Waals surface area (Å²) in [6, 6.07) is 13.3. The number of rotatable bonds is 9. The van der Waals surface area contributed by atoms with E-state index in [-0.39, 0.29) is 24.9 Å². The molecule has 1 aromatic heterocycles. The maximum Gasteiger partial charge on any atom is 0.261 e. The number of fused-ring (bicyclic) bond motifs is 1. The van der Waals surface area contributed by atoms with E-state index in [0.717, 1.165) is 44.7 Å². The second kappa shape index (κ2) is 12.1. The van der Waals surface area contributed by atoms with Crippen LogP contribution in [0.1, 0.15) is 30.0 Å². The summed E-state index contributed by atoms with van der Waals surface area (Å²) in [5, 5.41) is 10.2. The van der Waals surface area contributed by atoms with Crippen molar-refractivity contribution in [3.63, 3.8) is 0 Å². The number of carbonyl (C=O) groups is 1. The number of hydroxylamine groups is 2. The molecule has 2 aromatic carbocycles. The summed E-state index contributed by atoms with van der Waals surface area (Å²) in [5.74, 6) is 6.28. The lowest BCUT2D eigenvalue weighted by molar-refractivity contribution is -0.151. The van der Waals surface area contributed by atoms with E-state index in [4.69, 9.17) is 4.74 Å². The van der Waals surface area contributed by atoms with Gasteiger partial charge >= 0.3 is 0 Å². The molecular formula is C28H32N4O6S. The molecule has 3 aromatic rings. The SMILES string of the molecule is CC(CCn1cnc2cc(C#Cc3ccc(CN4CCOCC4)cc3)ccc2c1=O)(CN(O)C=O)S(C)(=O)=O. The van der Waals surface area contributed by atoms with Gasteiger partial charge in [-0.3, -0.25) is 24.3 Å². The van der Waals surface area contributed by atoms with Crippen molar-refractivity contribution in [1.29, 1.82) is 0 Å². The number of hydrogen-bond acceptors (Lipinski definition) is 8. The first-order chi connectivity index (χ1) is 18.6. The molecule has 0 radical (unpaired) electrons. The monoisotopic (exact) mass is 552 g/mol. The van der Waals surface area contributed by atoms with Gasteiger partial charge < -0.3 is 4.74 Å². The Morgan fingerprint density at radius 3 is 2.46 bits per heavy atom. The molecule has 10 nitrogen and oxygen atoms in total. The van der Waals surface area contributed by atoms with Crippen LogP contribution in [0, 0.1) is 11.8 Å². The predicted molar refractivity (Wildman–Crippen MR) is 147 cm³/mol. The zero-order valence-corrected chi connectivity index (χ0v) is 22.9. The van der Waals surface area contributed by atoms with Crippen LogP contribution in [0.25, 0.3) is 10.9 Å². The molecule has 11 heteroatoms. The van der Waals surface area contributed by atoms with Crippen molar-refractivity contribution in [3.05, 3.63) is 75.8 Å². The Labute approximate surface area is 227 Å². The number of aromatic nitrogens is 2. The number of hydrogen-bond donors (Lipinski definition) is 1. The molecule has 0 saturated carbocycles. The summed E-state index contributed by atoms with van der Waals surface area (Å²) in [5.41, 5.74) is 2.99. The molecule has 1 saturated heterocycles. The summed E-state index contributed by atoms with van der Waals surface area (Å²) >= 11 is 0. The molecule has 1 fully saturated rings. The minimum Gasteiger partial charge on any atom is -0.379 e. The minimum absolute atomic E-state index is 0.00137. The van der Waals surface area contributed by atoms with Crippen molar-refractivity contribution >= 4 is 27.2 Å². The Morgan fingerprint density at radius 2 is 1.79 bits per heavy atom. The van der Waals surface area contributed by atoms with Crippen molar-refractivity contribution in [2.24, 2.45) is 0 Å². The first-order valence-electron chi connectivity index (χ1n) is 12.6. The largest absolute Gasteiger partial charge is 0.379 e. The zero-order chi connectivity index (χ0) is 28.0. The average Bonchev–Trinajstić information content (AvgIpc) is 2.92. The van der Waals surface area contributed by atoms with Crippen LogP contribution in [0.5, 0.6) is 0 Å². The normalized spacial score (nSPS) is 15.8. The van der Waals surface area contributed by atoms with Crippen molar-refractivity contribution in [2.45, 2.75) is 31.2 Å². The number of amides is 1. The highest BCUT2D eigenvalue weighted by atomic mass is 32.2. The van der Waals surface area contributed by atoms with Gasteiger partial charge in [0.25, 0.3) is 5.56 Å². The fourth-order valence-corrected chi connectivity index (χ4v) is 5.20. The number of carbonyl (C=O) groups excluding carboxylic acids is 1. The van der Waals surface area contributed by atoms with E-state index in [9.17, 15) is 23.2 Å². The molecule has 1 N–H and O–H groups in total. The predicted octanol–water partition coefficient (Wildman–Crippen LogP) is 1.67. The van der Waals surface area contributed by atoms with Crippen LogP contribution in [0.2, 0.25) is 0 Å². The van der Waals surface area contributed by atoms with Crippen molar-refractivity contribution in [1.82, 2.24) is 19.5 Å². The number of benzene rings is 2. The van der Waals surface area contributed by atoms with Gasteiger partial charge in [-0.1, -0.05) is 24.0 Å². The molecule has 2 heterocycles. The molecule has 39 heavy (non-hydrogen) atoms. The fraction of sp³-hybridized carbons (Fsp3) is 0.393. The molecule has 206 valence electrons. The van der Waals surface area contributed by atoms with Crippen LogP contribution >= 0.6 is 0 Å². The number of nitrogens with zero attached hydrogens (tertiary/aromatic N) is 4. The van der Waals surface area contributed by atoms with Crippen molar-refractivity contribution in [2.75, 3.05) is 39.1 Å². The topological polar surface area (TPSA) is 122 Å². The summed E-state index contributed by atoms with van der Waals surface area (Å²) < 4.78 is 30.0. The van der Waals surface area contributed by atoms with E-state index >= 15 is 0 Å². The Hall–Kier alpha value is -3.56. The smallest absolute Gasteiger partial charge is 0.261 e. The maximum atomic E-state index is 13.0. The van der Waals surface area contributed by atoms with Gasteiger partial charge in [0.05, 0.1) is 41.7 Å². The number of ether oxygens (including phenoxy) is 1. The molecule has 1 unspecified atom stereocenters. The van der Waals surface area contributed by atoms with Crippen LogP contribution in [0.4, 0.5) is 0 Å². The molecule has 0 bridgehead atoms. The lowest BCUT2D eigenvalue weighted by Crippen LogP contribution is -2.46. The minimum atomic E-state index is -3.66. The van der Waals surface area contributed by atoms with Gasteiger partial charge in [0, 0.05) is 43.6 Å². The van der Waals surface area contributed by atoms with Crippen LogP contribution < -0.4 is 5.56 Å². The Bertz CT molecular complexity index is 1550. The molecule has 0 aliphatic carbocycles. The van der Waals surface area contributed by atoms with Gasteiger partial charge in [-0.2, -0.15) is 0 Å². The summed E-state index contributed by atoms with van der Waals surface area (Å²) in [6.07, 6.45) is 2.55. The third-order valence-electron chi connectivity index (χ3n) is 7.04. The van der Waals surface area contributed by atoms with Gasteiger partial charge in [0.2, 0.25) is 6.41 Å². The van der Waals surface area contributed by atoms with E-state index in [1.54, 1.807) is 18.2 Å². The third kappa shape index (κ3) is 7.10. The Kier molecular flexibility index (Phi) is 8.82. The highest BCUT2D eigenvalue weighted by Gasteiger charge is 2.37. The summed E-state index contributed by atoms with van der Waals surface area (Å²) in [6.45, 7) is 5.36. The van der Waals surface area contributed by atoms with E-state index in [1.165, 1.54) is 23.4 Å². The van der Waals surface area contributed by atoms with Gasteiger partial charge in [-0.25, -0.2) is 18.5 Å². The highest BCUT2D eigenvalue weighted by Crippen LogP contribution is 2.22. The number of aryl methyl sites for hydroxylation is 1. The molecular weight excluding hydrogens is 520 g/mol. The van der Waals surface area contributed by atoms with Crippen LogP contribution in [-0.4, -0.2) is 83.4 Å². The van der Waals surface area contributed by atoms with Crippen molar-refractivity contribution in [3.8, 4) is 11.8 Å².